The average molecular weight is 244 g/mol. The molecule has 0 aliphatic heterocycles. The molecule has 0 saturated heterocycles. The molecule has 0 aliphatic carbocycles. The van der Waals surface area contributed by atoms with Gasteiger partial charge in [0.15, 0.2) is 0 Å². The van der Waals surface area contributed by atoms with Gasteiger partial charge in [-0.05, 0) is 19.4 Å². The lowest BCUT2D eigenvalue weighted by molar-refractivity contribution is -0.148. The average Bonchev–Trinajstić information content (AvgIpc) is 2.18. The molecular weight excluding hydrogens is 226 g/mol. The maximum Gasteiger partial charge on any atom is 0.325 e. The summed E-state index contributed by atoms with van der Waals surface area (Å²) < 4.78 is 5.05. The number of nitrogens with two attached hydrogens (primary N) is 1. The van der Waals surface area contributed by atoms with Crippen molar-refractivity contribution in [3.63, 3.8) is 0 Å². The van der Waals surface area contributed by atoms with Crippen molar-refractivity contribution < 1.29 is 9.53 Å². The van der Waals surface area contributed by atoms with Gasteiger partial charge in [-0.1, -0.05) is 30.3 Å². The van der Waals surface area contributed by atoms with Gasteiger partial charge in [0.2, 0.25) is 0 Å². The molecule has 0 amide bonds. The molecule has 0 bridgehead atoms. The zero-order chi connectivity index (χ0) is 11.3. The van der Waals surface area contributed by atoms with Crippen LogP contribution in [0.5, 0.6) is 0 Å². The van der Waals surface area contributed by atoms with Crippen molar-refractivity contribution in [3.8, 4) is 0 Å². The molecule has 1 aromatic rings. The number of hydrogen-bond acceptors (Lipinski definition) is 3. The Morgan fingerprint density at radius 3 is 2.38 bits per heavy atom. The number of esters is 1. The Labute approximate surface area is 102 Å². The molecule has 1 rings (SSSR count). The van der Waals surface area contributed by atoms with Crippen LogP contribution in [0.4, 0.5) is 0 Å². The molecule has 0 unspecified atom stereocenters. The predicted molar refractivity (Wildman–Crippen MR) is 66.6 cm³/mol. The highest BCUT2D eigenvalue weighted by molar-refractivity contribution is 5.85. The Hall–Kier alpha value is -1.06. The molecule has 3 nitrogen and oxygen atoms in total. The number of benzene rings is 1. The van der Waals surface area contributed by atoms with Gasteiger partial charge in [-0.3, -0.25) is 4.79 Å². The first-order valence-corrected chi connectivity index (χ1v) is 5.00. The lowest BCUT2D eigenvalue weighted by Gasteiger charge is -2.16. The fraction of sp³-hybridized carbons (Fsp3) is 0.417. The zero-order valence-electron chi connectivity index (χ0n) is 9.60. The van der Waals surface area contributed by atoms with Crippen LogP contribution in [0.25, 0.3) is 0 Å². The van der Waals surface area contributed by atoms with Crippen molar-refractivity contribution in [2.24, 2.45) is 5.73 Å². The van der Waals surface area contributed by atoms with Crippen molar-refractivity contribution in [1.82, 2.24) is 0 Å². The Morgan fingerprint density at radius 1 is 1.31 bits per heavy atom. The van der Waals surface area contributed by atoms with Gasteiger partial charge in [-0.25, -0.2) is 0 Å². The molecule has 0 saturated carbocycles. The maximum absolute atomic E-state index is 11.3. The number of carbonyl (C=O) groups is 1. The number of ether oxygens (including phenoxy) is 1. The number of halogens is 1. The summed E-state index contributed by atoms with van der Waals surface area (Å²) >= 11 is 0. The zero-order valence-corrected chi connectivity index (χ0v) is 10.4. The molecule has 4 heteroatoms. The first kappa shape index (κ1) is 14.9. The molecule has 0 fully saturated rings. The van der Waals surface area contributed by atoms with E-state index in [1.165, 1.54) is 0 Å². The molecule has 2 N–H and O–H groups in total. The molecule has 0 atom stereocenters. The summed E-state index contributed by atoms with van der Waals surface area (Å²) in [5, 5.41) is 0. The van der Waals surface area contributed by atoms with Gasteiger partial charge in [0.1, 0.15) is 5.54 Å². The minimum atomic E-state index is -0.906. The molecule has 0 aliphatic rings. The van der Waals surface area contributed by atoms with Gasteiger partial charge >= 0.3 is 5.97 Å². The van der Waals surface area contributed by atoms with Gasteiger partial charge in [0.25, 0.3) is 0 Å². The van der Waals surface area contributed by atoms with E-state index in [0.717, 1.165) is 12.0 Å². The van der Waals surface area contributed by atoms with Gasteiger partial charge < -0.3 is 10.5 Å². The second-order valence-electron chi connectivity index (χ2n) is 4.09. The summed E-state index contributed by atoms with van der Waals surface area (Å²) in [5.41, 5.74) is 5.83. The van der Waals surface area contributed by atoms with E-state index in [1.807, 2.05) is 30.3 Å². The molecule has 0 aromatic heterocycles. The quantitative estimate of drug-likeness (QED) is 0.823. The molecule has 0 heterocycles. The number of carbonyl (C=O) groups excluding carboxylic acids is 1. The van der Waals surface area contributed by atoms with Crippen LogP contribution in [0.3, 0.4) is 0 Å². The standard InChI is InChI=1S/C12H17NO2.ClH/c1-12(2,13)11(14)15-9-8-10-6-4-3-5-7-10;/h3-7H,8-9,13H2,1-2H3;1H. The smallest absolute Gasteiger partial charge is 0.325 e. The lowest BCUT2D eigenvalue weighted by Crippen LogP contribution is -2.43. The normalized spacial score (nSPS) is 10.4. The second-order valence-corrected chi connectivity index (χ2v) is 4.09. The Bertz CT molecular complexity index is 320. The summed E-state index contributed by atoms with van der Waals surface area (Å²) in [6, 6.07) is 9.88. The van der Waals surface area contributed by atoms with Crippen LogP contribution in [0, 0.1) is 0 Å². The molecular formula is C12H18ClNO2. The summed E-state index contributed by atoms with van der Waals surface area (Å²) in [5.74, 6) is -0.363. The van der Waals surface area contributed by atoms with E-state index in [4.69, 9.17) is 10.5 Å². The van der Waals surface area contributed by atoms with Gasteiger partial charge in [-0.2, -0.15) is 0 Å². The lowest BCUT2D eigenvalue weighted by atomic mass is 10.1. The molecule has 16 heavy (non-hydrogen) atoms. The first-order chi connectivity index (χ1) is 7.00. The van der Waals surface area contributed by atoms with Crippen molar-refractivity contribution >= 4 is 18.4 Å². The van der Waals surface area contributed by atoms with Crippen LogP contribution in [-0.2, 0) is 16.0 Å². The highest BCUT2D eigenvalue weighted by Crippen LogP contribution is 2.03. The minimum Gasteiger partial charge on any atom is -0.464 e. The topological polar surface area (TPSA) is 52.3 Å². The first-order valence-electron chi connectivity index (χ1n) is 5.00. The number of rotatable bonds is 4. The highest BCUT2D eigenvalue weighted by atomic mass is 35.5. The van der Waals surface area contributed by atoms with E-state index in [2.05, 4.69) is 0 Å². The van der Waals surface area contributed by atoms with Crippen molar-refractivity contribution in [2.75, 3.05) is 6.61 Å². The van der Waals surface area contributed by atoms with Gasteiger partial charge in [-0.15, -0.1) is 12.4 Å². The summed E-state index contributed by atoms with van der Waals surface area (Å²) in [4.78, 5) is 11.3. The largest absolute Gasteiger partial charge is 0.464 e. The van der Waals surface area contributed by atoms with Crippen LogP contribution in [0.1, 0.15) is 19.4 Å². The molecule has 90 valence electrons. The van der Waals surface area contributed by atoms with E-state index >= 15 is 0 Å². The fourth-order valence-electron chi connectivity index (χ4n) is 1.09. The highest BCUT2D eigenvalue weighted by Gasteiger charge is 2.23. The van der Waals surface area contributed by atoms with Crippen LogP contribution >= 0.6 is 12.4 Å². The van der Waals surface area contributed by atoms with Crippen molar-refractivity contribution in [3.05, 3.63) is 35.9 Å². The SMILES string of the molecule is CC(C)(N)C(=O)OCCc1ccccc1.Cl. The monoisotopic (exact) mass is 243 g/mol. The Balaban J connectivity index is 0.00000225. The number of hydrogen-bond donors (Lipinski definition) is 1. The van der Waals surface area contributed by atoms with Gasteiger partial charge in [0.05, 0.1) is 6.61 Å². The predicted octanol–water partition coefficient (Wildman–Crippen LogP) is 1.93. The summed E-state index contributed by atoms with van der Waals surface area (Å²) in [7, 11) is 0. The minimum absolute atomic E-state index is 0. The third-order valence-electron chi connectivity index (χ3n) is 1.99. The van der Waals surface area contributed by atoms with Crippen molar-refractivity contribution in [2.45, 2.75) is 25.8 Å². The van der Waals surface area contributed by atoms with E-state index in [1.54, 1.807) is 13.8 Å². The van der Waals surface area contributed by atoms with E-state index in [0.29, 0.717) is 6.61 Å². The van der Waals surface area contributed by atoms with E-state index in [9.17, 15) is 4.79 Å². The van der Waals surface area contributed by atoms with Crippen LogP contribution in [-0.4, -0.2) is 18.1 Å². The van der Waals surface area contributed by atoms with Gasteiger partial charge in [0, 0.05) is 6.42 Å². The van der Waals surface area contributed by atoms with Crippen LogP contribution < -0.4 is 5.73 Å². The third kappa shape index (κ3) is 5.14. The molecule has 1 aromatic carbocycles. The van der Waals surface area contributed by atoms with Crippen LogP contribution in [0.2, 0.25) is 0 Å². The van der Waals surface area contributed by atoms with Crippen molar-refractivity contribution in [1.29, 1.82) is 0 Å². The van der Waals surface area contributed by atoms with E-state index in [-0.39, 0.29) is 18.4 Å². The Morgan fingerprint density at radius 2 is 1.88 bits per heavy atom. The molecule has 0 spiro atoms. The maximum atomic E-state index is 11.3. The summed E-state index contributed by atoms with van der Waals surface area (Å²) in [6.07, 6.45) is 0.725. The Kier molecular flexibility index (Phi) is 6.08. The summed E-state index contributed by atoms with van der Waals surface area (Å²) in [6.45, 7) is 3.65. The fourth-order valence-corrected chi connectivity index (χ4v) is 1.09. The second kappa shape index (κ2) is 6.51. The molecule has 0 radical (unpaired) electrons. The van der Waals surface area contributed by atoms with Crippen LogP contribution in [0.15, 0.2) is 30.3 Å². The van der Waals surface area contributed by atoms with E-state index < -0.39 is 5.54 Å². The third-order valence-corrected chi connectivity index (χ3v) is 1.99.